The Kier molecular flexibility index (Phi) is 7.07. The molecule has 0 spiro atoms. The lowest BCUT2D eigenvalue weighted by molar-refractivity contribution is -0.139. The van der Waals surface area contributed by atoms with Gasteiger partial charge in [-0.2, -0.15) is 0 Å². The van der Waals surface area contributed by atoms with Crippen LogP contribution < -0.4 is 24.4 Å². The summed E-state index contributed by atoms with van der Waals surface area (Å²) in [5, 5.41) is 10.2. The molecule has 1 aromatic heterocycles. The van der Waals surface area contributed by atoms with Gasteiger partial charge in [0.2, 0.25) is 0 Å². The molecule has 2 aromatic carbocycles. The fourth-order valence-electron chi connectivity index (χ4n) is 3.99. The zero-order valence-corrected chi connectivity index (χ0v) is 20.7. The summed E-state index contributed by atoms with van der Waals surface area (Å²) in [5.41, 5.74) is 1.59. The van der Waals surface area contributed by atoms with E-state index in [2.05, 4.69) is 4.99 Å². The van der Waals surface area contributed by atoms with Gasteiger partial charge in [0.25, 0.3) is 5.56 Å². The van der Waals surface area contributed by atoms with Crippen molar-refractivity contribution < 1.29 is 24.1 Å². The molecule has 0 radical (unpaired) electrons. The van der Waals surface area contributed by atoms with Gasteiger partial charge in [-0.25, -0.2) is 9.79 Å². The van der Waals surface area contributed by atoms with E-state index in [-0.39, 0.29) is 23.5 Å². The van der Waals surface area contributed by atoms with E-state index in [0.717, 1.165) is 0 Å². The summed E-state index contributed by atoms with van der Waals surface area (Å²) < 4.78 is 18.4. The molecule has 0 fully saturated rings. The molecule has 0 saturated heterocycles. The Labute approximate surface area is 206 Å². The van der Waals surface area contributed by atoms with E-state index in [1.54, 1.807) is 69.5 Å². The van der Waals surface area contributed by atoms with Crippen molar-refractivity contribution in [1.82, 2.24) is 4.57 Å². The van der Waals surface area contributed by atoms with Crippen LogP contribution in [0.3, 0.4) is 0 Å². The van der Waals surface area contributed by atoms with Gasteiger partial charge in [-0.3, -0.25) is 9.36 Å². The Morgan fingerprint density at radius 2 is 1.94 bits per heavy atom. The number of carbonyl (C=O) groups excluding carboxylic acids is 1. The van der Waals surface area contributed by atoms with Crippen molar-refractivity contribution in [3.05, 3.63) is 84.5 Å². The molecule has 2 heterocycles. The Balaban J connectivity index is 1.98. The normalized spacial score (nSPS) is 15.4. The average Bonchev–Trinajstić information content (AvgIpc) is 3.14. The Hall–Kier alpha value is -3.85. The van der Waals surface area contributed by atoms with Crippen LogP contribution in [0, 0.1) is 0 Å². The topological polar surface area (TPSA) is 99.4 Å². The van der Waals surface area contributed by atoms with E-state index >= 15 is 0 Å². The number of para-hydroxylation sites is 1. The maximum atomic E-state index is 13.6. The molecule has 0 unspecified atom stereocenters. The number of thiazole rings is 1. The number of rotatable bonds is 7. The summed E-state index contributed by atoms with van der Waals surface area (Å²) in [6, 6.07) is 11.3. The molecule has 1 aliphatic heterocycles. The minimum atomic E-state index is -0.776. The van der Waals surface area contributed by atoms with Crippen molar-refractivity contribution in [1.29, 1.82) is 0 Å². The number of ether oxygens (including phenoxy) is 3. The molecule has 3 aromatic rings. The second kappa shape index (κ2) is 10.2. The van der Waals surface area contributed by atoms with Gasteiger partial charge in [0, 0.05) is 5.56 Å². The van der Waals surface area contributed by atoms with Crippen molar-refractivity contribution in [2.75, 3.05) is 20.3 Å². The number of benzene rings is 2. The highest BCUT2D eigenvalue weighted by atomic mass is 32.1. The molecule has 8 nitrogen and oxygen atoms in total. The quantitative estimate of drug-likeness (QED) is 0.507. The highest BCUT2D eigenvalue weighted by molar-refractivity contribution is 7.07. The van der Waals surface area contributed by atoms with Crippen LogP contribution in [-0.4, -0.2) is 36.0 Å². The lowest BCUT2D eigenvalue weighted by atomic mass is 9.95. The first-order chi connectivity index (χ1) is 16.9. The minimum absolute atomic E-state index is 0.0646. The number of phenolic OH excluding ortho intramolecular Hbond substituents is 1. The molecule has 0 saturated carbocycles. The third kappa shape index (κ3) is 4.59. The Morgan fingerprint density at radius 3 is 2.63 bits per heavy atom. The molecular weight excluding hydrogens is 468 g/mol. The van der Waals surface area contributed by atoms with Crippen LogP contribution >= 0.6 is 11.3 Å². The van der Waals surface area contributed by atoms with Crippen molar-refractivity contribution >= 4 is 23.4 Å². The van der Waals surface area contributed by atoms with Crippen LogP contribution in [0.15, 0.2) is 63.5 Å². The Morgan fingerprint density at radius 1 is 1.17 bits per heavy atom. The van der Waals surface area contributed by atoms with Gasteiger partial charge < -0.3 is 19.3 Å². The fourth-order valence-corrected chi connectivity index (χ4v) is 5.03. The second-order valence-corrected chi connectivity index (χ2v) is 8.71. The van der Waals surface area contributed by atoms with Gasteiger partial charge in [0.15, 0.2) is 16.3 Å². The van der Waals surface area contributed by atoms with Crippen molar-refractivity contribution in [2.24, 2.45) is 4.99 Å². The number of aromatic nitrogens is 1. The number of nitrogens with zero attached hydrogens (tertiary/aromatic N) is 2. The van der Waals surface area contributed by atoms with Gasteiger partial charge in [-0.05, 0) is 50.6 Å². The van der Waals surface area contributed by atoms with Crippen molar-refractivity contribution in [3.8, 4) is 17.2 Å². The molecule has 0 bridgehead atoms. The summed E-state index contributed by atoms with van der Waals surface area (Å²) in [6.45, 7) is 5.93. The summed E-state index contributed by atoms with van der Waals surface area (Å²) >= 11 is 1.19. The number of hydrogen-bond acceptors (Lipinski definition) is 8. The molecule has 4 rings (SSSR count). The number of aromatic hydroxyl groups is 1. The number of hydrogen-bond donors (Lipinski definition) is 1. The zero-order chi connectivity index (χ0) is 25.1. The minimum Gasteiger partial charge on any atom is -0.507 e. The number of methoxy groups -OCH3 is 1. The number of fused-ring (bicyclic) bond motifs is 1. The zero-order valence-electron chi connectivity index (χ0n) is 19.9. The smallest absolute Gasteiger partial charge is 0.338 e. The van der Waals surface area contributed by atoms with Crippen LogP contribution in [0.1, 0.15) is 37.9 Å². The predicted molar refractivity (Wildman–Crippen MR) is 133 cm³/mol. The molecule has 1 aliphatic rings. The first kappa shape index (κ1) is 24.3. The number of allylic oxidation sites excluding steroid dienone is 1. The van der Waals surface area contributed by atoms with Gasteiger partial charge in [-0.15, -0.1) is 0 Å². The SMILES string of the molecule is CCOC(=O)C1=C(C)N=c2s/c(=C/c3ccccc3O)c(=O)n2[C@H]1c1ccc(OC)c(OCC)c1. The van der Waals surface area contributed by atoms with Crippen LogP contribution in [0.2, 0.25) is 0 Å². The van der Waals surface area contributed by atoms with Crippen LogP contribution in [0.25, 0.3) is 6.08 Å². The van der Waals surface area contributed by atoms with Crippen LogP contribution in [-0.2, 0) is 9.53 Å². The van der Waals surface area contributed by atoms with E-state index in [0.29, 0.717) is 44.3 Å². The molecule has 1 N–H and O–H groups in total. The van der Waals surface area contributed by atoms with Crippen LogP contribution in [0.4, 0.5) is 0 Å². The molecule has 0 amide bonds. The third-order valence-corrected chi connectivity index (χ3v) is 6.53. The van der Waals surface area contributed by atoms with E-state index in [1.807, 2.05) is 6.92 Å². The van der Waals surface area contributed by atoms with Gasteiger partial charge in [0.05, 0.1) is 42.2 Å². The lowest BCUT2D eigenvalue weighted by Gasteiger charge is -2.25. The molecule has 35 heavy (non-hydrogen) atoms. The lowest BCUT2D eigenvalue weighted by Crippen LogP contribution is -2.40. The molecule has 182 valence electrons. The molecule has 9 heteroatoms. The summed E-state index contributed by atoms with van der Waals surface area (Å²) in [4.78, 5) is 31.7. The summed E-state index contributed by atoms with van der Waals surface area (Å²) in [7, 11) is 1.55. The maximum absolute atomic E-state index is 13.6. The van der Waals surface area contributed by atoms with E-state index in [9.17, 15) is 14.7 Å². The molecule has 1 atom stereocenters. The largest absolute Gasteiger partial charge is 0.507 e. The highest BCUT2D eigenvalue weighted by Crippen LogP contribution is 2.36. The van der Waals surface area contributed by atoms with Crippen molar-refractivity contribution in [2.45, 2.75) is 26.8 Å². The maximum Gasteiger partial charge on any atom is 0.338 e. The monoisotopic (exact) mass is 494 g/mol. The molecule has 0 aliphatic carbocycles. The first-order valence-electron chi connectivity index (χ1n) is 11.2. The van der Waals surface area contributed by atoms with Gasteiger partial charge in [-0.1, -0.05) is 35.6 Å². The number of esters is 1. The average molecular weight is 495 g/mol. The number of carbonyl (C=O) groups is 1. The van der Waals surface area contributed by atoms with Crippen LogP contribution in [0.5, 0.6) is 17.2 Å². The molecular formula is C26H26N2O6S. The first-order valence-corrected chi connectivity index (χ1v) is 12.0. The van der Waals surface area contributed by atoms with E-state index < -0.39 is 12.0 Å². The fraction of sp³-hybridized carbons (Fsp3) is 0.269. The second-order valence-electron chi connectivity index (χ2n) is 7.70. The van der Waals surface area contributed by atoms with E-state index in [1.165, 1.54) is 15.9 Å². The standard InChI is InChI=1S/C26H26N2O6S/c1-5-33-20-13-17(11-12-19(20)32-4)23-22(25(31)34-6-2)15(3)27-26-28(23)24(30)21(35-26)14-16-9-7-8-10-18(16)29/h7-14,23,29H,5-6H2,1-4H3/b21-14+/t23-/m0/s1. The van der Waals surface area contributed by atoms with Crippen molar-refractivity contribution in [3.63, 3.8) is 0 Å². The summed E-state index contributed by atoms with van der Waals surface area (Å²) in [6.07, 6.45) is 1.62. The van der Waals surface area contributed by atoms with Gasteiger partial charge >= 0.3 is 5.97 Å². The van der Waals surface area contributed by atoms with Gasteiger partial charge in [0.1, 0.15) is 5.75 Å². The summed E-state index contributed by atoms with van der Waals surface area (Å²) in [5.74, 6) is 0.569. The highest BCUT2D eigenvalue weighted by Gasteiger charge is 2.34. The predicted octanol–water partition coefficient (Wildman–Crippen LogP) is 2.91. The van der Waals surface area contributed by atoms with E-state index in [4.69, 9.17) is 14.2 Å². The Bertz CT molecular complexity index is 1480. The number of phenols is 1. The third-order valence-electron chi connectivity index (χ3n) is 5.54.